The summed E-state index contributed by atoms with van der Waals surface area (Å²) in [6.07, 6.45) is 5.18. The van der Waals surface area contributed by atoms with E-state index in [1.54, 1.807) is 18.2 Å². The molecule has 0 aliphatic heterocycles. The summed E-state index contributed by atoms with van der Waals surface area (Å²) in [6, 6.07) is 0. The quantitative estimate of drug-likeness (QED) is 0.339. The molecule has 50 valence electrons. The molecular formula is C7H3ClOS. The third-order valence-corrected chi connectivity index (χ3v) is 0.973. The molecule has 1 nitrogen and oxygen atoms in total. The highest BCUT2D eigenvalue weighted by molar-refractivity contribution is 7.82. The van der Waals surface area contributed by atoms with Crippen LogP contribution >= 0.6 is 23.8 Å². The number of hydrogen-bond acceptors (Lipinski definition) is 2. The summed E-state index contributed by atoms with van der Waals surface area (Å²) < 4.78 is 4.79. The Labute approximate surface area is 68.9 Å². The van der Waals surface area contributed by atoms with Gasteiger partial charge in [-0.05, 0) is 47.8 Å². The smallest absolute Gasteiger partial charge is 0.261 e. The third kappa shape index (κ3) is 2.22. The van der Waals surface area contributed by atoms with Crippen LogP contribution in [0.3, 0.4) is 0 Å². The van der Waals surface area contributed by atoms with Crippen molar-refractivity contribution in [3.63, 3.8) is 0 Å². The van der Waals surface area contributed by atoms with Crippen LogP contribution in [-0.4, -0.2) is 4.51 Å². The van der Waals surface area contributed by atoms with E-state index in [1.807, 2.05) is 0 Å². The van der Waals surface area contributed by atoms with Gasteiger partial charge in [0, 0.05) is 0 Å². The number of rotatable bonds is 1. The summed E-state index contributed by atoms with van der Waals surface area (Å²) in [4.78, 5) is 0. The minimum absolute atomic E-state index is 0.0316. The molecule has 0 saturated carbocycles. The highest BCUT2D eigenvalue weighted by atomic mass is 35.5. The molecule has 0 bridgehead atoms. The first-order valence-corrected chi connectivity index (χ1v) is 3.33. The van der Waals surface area contributed by atoms with E-state index in [0.29, 0.717) is 5.76 Å². The van der Waals surface area contributed by atoms with Crippen molar-refractivity contribution in [2.45, 2.75) is 0 Å². The predicted octanol–water partition coefficient (Wildman–Crippen LogP) is 2.29. The van der Waals surface area contributed by atoms with Gasteiger partial charge in [0.25, 0.3) is 4.51 Å². The molecule has 3 heteroatoms. The Morgan fingerprint density at radius 1 is 1.70 bits per heavy atom. The molecule has 0 amide bonds. The lowest BCUT2D eigenvalue weighted by Gasteiger charge is -1.97. The normalized spacial score (nSPS) is 13.1. The molecule has 0 N–H and O–H groups in total. The Kier molecular flexibility index (Phi) is 2.49. The van der Waals surface area contributed by atoms with Crippen LogP contribution in [0.2, 0.25) is 0 Å². The SMILES string of the molecule is S=C(Cl)OC1=C=C=CC=C1. The number of halogens is 1. The zero-order valence-electron chi connectivity index (χ0n) is 4.93. The maximum absolute atomic E-state index is 5.29. The van der Waals surface area contributed by atoms with Crippen LogP contribution in [0.4, 0.5) is 0 Å². The molecule has 0 spiro atoms. The molecule has 0 aromatic rings. The lowest BCUT2D eigenvalue weighted by molar-refractivity contribution is 0.458. The molecule has 1 aliphatic rings. The summed E-state index contributed by atoms with van der Waals surface area (Å²) in [5.74, 6) is 0.488. The fraction of sp³-hybridized carbons (Fsp3) is 0. The summed E-state index contributed by atoms with van der Waals surface area (Å²) in [7, 11) is 0. The van der Waals surface area contributed by atoms with E-state index in [2.05, 4.69) is 23.7 Å². The van der Waals surface area contributed by atoms with Crippen molar-refractivity contribution in [2.24, 2.45) is 0 Å². The van der Waals surface area contributed by atoms with Crippen molar-refractivity contribution in [2.75, 3.05) is 0 Å². The Hall–Kier alpha value is -0.780. The monoisotopic (exact) mass is 170 g/mol. The molecule has 0 unspecified atom stereocenters. The summed E-state index contributed by atoms with van der Waals surface area (Å²) in [5.41, 5.74) is 5.38. The molecule has 0 fully saturated rings. The first-order chi connectivity index (χ1) is 4.79. The molecular weight excluding hydrogens is 168 g/mol. The minimum atomic E-state index is -0.0316. The Morgan fingerprint density at radius 2 is 2.50 bits per heavy atom. The predicted molar refractivity (Wildman–Crippen MR) is 43.8 cm³/mol. The second kappa shape index (κ2) is 3.40. The van der Waals surface area contributed by atoms with E-state index < -0.39 is 0 Å². The maximum atomic E-state index is 5.29. The van der Waals surface area contributed by atoms with E-state index in [4.69, 9.17) is 16.3 Å². The minimum Gasteiger partial charge on any atom is -0.426 e. The van der Waals surface area contributed by atoms with Crippen LogP contribution in [0, 0.1) is 0 Å². The summed E-state index contributed by atoms with van der Waals surface area (Å²) in [6.45, 7) is 0. The largest absolute Gasteiger partial charge is 0.426 e. The van der Waals surface area contributed by atoms with Gasteiger partial charge in [0.2, 0.25) is 0 Å². The molecule has 0 atom stereocenters. The lowest BCUT2D eigenvalue weighted by atomic mass is 10.3. The molecule has 1 aliphatic carbocycles. The Balaban J connectivity index is 2.75. The first-order valence-electron chi connectivity index (χ1n) is 2.55. The molecule has 10 heavy (non-hydrogen) atoms. The Morgan fingerprint density at radius 3 is 3.00 bits per heavy atom. The van der Waals surface area contributed by atoms with E-state index in [0.717, 1.165) is 0 Å². The zero-order valence-corrected chi connectivity index (χ0v) is 6.50. The van der Waals surface area contributed by atoms with Gasteiger partial charge < -0.3 is 4.74 Å². The standard InChI is InChI=1S/C7H3ClOS/c8-7(10)9-6-4-2-1-3-5-6/h1-2,4H. The van der Waals surface area contributed by atoms with Gasteiger partial charge in [-0.15, -0.1) is 0 Å². The molecule has 0 radical (unpaired) electrons. The maximum Gasteiger partial charge on any atom is 0.261 e. The van der Waals surface area contributed by atoms with Gasteiger partial charge in [-0.1, -0.05) is 5.73 Å². The van der Waals surface area contributed by atoms with Gasteiger partial charge in [-0.3, -0.25) is 0 Å². The van der Waals surface area contributed by atoms with Crippen molar-refractivity contribution in [1.82, 2.24) is 0 Å². The number of ether oxygens (including phenoxy) is 1. The van der Waals surface area contributed by atoms with Crippen LogP contribution < -0.4 is 0 Å². The van der Waals surface area contributed by atoms with Gasteiger partial charge in [-0.2, -0.15) is 0 Å². The third-order valence-electron chi connectivity index (χ3n) is 0.813. The molecule has 0 aromatic heterocycles. The average Bonchev–Trinajstić information content (AvgIpc) is 1.88. The second-order valence-electron chi connectivity index (χ2n) is 1.50. The molecule has 0 saturated heterocycles. The number of thiocarbonyl (C=S) groups is 1. The fourth-order valence-corrected chi connectivity index (χ4v) is 0.657. The molecule has 0 aromatic carbocycles. The van der Waals surface area contributed by atoms with Gasteiger partial charge in [0.15, 0.2) is 5.76 Å². The van der Waals surface area contributed by atoms with Crippen molar-refractivity contribution in [1.29, 1.82) is 0 Å². The second-order valence-corrected chi connectivity index (χ2v) is 2.44. The number of allylic oxidation sites excluding steroid dienone is 3. The number of hydrogen-bond donors (Lipinski definition) is 0. The van der Waals surface area contributed by atoms with Crippen LogP contribution in [0.15, 0.2) is 35.4 Å². The van der Waals surface area contributed by atoms with Crippen LogP contribution in [0.25, 0.3) is 0 Å². The van der Waals surface area contributed by atoms with Gasteiger partial charge in [0.05, 0.1) is 0 Å². The van der Waals surface area contributed by atoms with Crippen LogP contribution in [0.5, 0.6) is 0 Å². The Bertz CT molecular complexity index is 278. The van der Waals surface area contributed by atoms with E-state index in [-0.39, 0.29) is 4.51 Å². The fourth-order valence-electron chi connectivity index (χ4n) is 0.484. The van der Waals surface area contributed by atoms with E-state index >= 15 is 0 Å². The molecule has 1 rings (SSSR count). The topological polar surface area (TPSA) is 9.23 Å². The zero-order chi connectivity index (χ0) is 7.40. The average molecular weight is 171 g/mol. The lowest BCUT2D eigenvalue weighted by Crippen LogP contribution is -1.90. The van der Waals surface area contributed by atoms with E-state index in [1.165, 1.54) is 0 Å². The van der Waals surface area contributed by atoms with Gasteiger partial charge in [-0.25, -0.2) is 0 Å². The van der Waals surface area contributed by atoms with Crippen molar-refractivity contribution < 1.29 is 4.74 Å². The van der Waals surface area contributed by atoms with Crippen LogP contribution in [0.1, 0.15) is 0 Å². The van der Waals surface area contributed by atoms with Gasteiger partial charge >= 0.3 is 0 Å². The molecule has 0 heterocycles. The summed E-state index contributed by atoms with van der Waals surface area (Å²) in [5, 5.41) is 0. The van der Waals surface area contributed by atoms with Crippen molar-refractivity contribution >= 4 is 28.3 Å². The van der Waals surface area contributed by atoms with Crippen LogP contribution in [-0.2, 0) is 4.74 Å². The van der Waals surface area contributed by atoms with Crippen molar-refractivity contribution in [3.8, 4) is 0 Å². The summed E-state index contributed by atoms with van der Waals surface area (Å²) >= 11 is 9.77. The van der Waals surface area contributed by atoms with E-state index in [9.17, 15) is 0 Å². The first kappa shape index (κ1) is 7.33. The van der Waals surface area contributed by atoms with Crippen molar-refractivity contribution in [3.05, 3.63) is 35.4 Å². The van der Waals surface area contributed by atoms with Gasteiger partial charge in [0.1, 0.15) is 0 Å². The highest BCUT2D eigenvalue weighted by Gasteiger charge is 1.94. The highest BCUT2D eigenvalue weighted by Crippen LogP contribution is 2.03.